The molecule has 1 fully saturated rings. The van der Waals surface area contributed by atoms with Gasteiger partial charge >= 0.3 is 5.97 Å². The van der Waals surface area contributed by atoms with E-state index in [4.69, 9.17) is 0 Å². The Labute approximate surface area is 103 Å². The zero-order chi connectivity index (χ0) is 12.9. The summed E-state index contributed by atoms with van der Waals surface area (Å²) in [5.41, 5.74) is 0.110. The third-order valence-electron chi connectivity index (χ3n) is 3.32. The van der Waals surface area contributed by atoms with Gasteiger partial charge in [-0.15, -0.1) is 0 Å². The standard InChI is InChI=1S/C13H23NO3/c1-11(12(15)17-3)5-9-14-8-4-6-13(2,16)7-10-14/h5,16H,4,6-10H2,1-3H3. The molecule has 1 rings (SSSR count). The lowest BCUT2D eigenvalue weighted by Crippen LogP contribution is -2.28. The summed E-state index contributed by atoms with van der Waals surface area (Å²) in [5, 5.41) is 9.96. The number of likely N-dealkylation sites (tertiary alicyclic amines) is 1. The minimum atomic E-state index is -0.532. The van der Waals surface area contributed by atoms with Crippen LogP contribution in [0, 0.1) is 0 Å². The number of hydrogen-bond acceptors (Lipinski definition) is 4. The first-order valence-electron chi connectivity index (χ1n) is 6.14. The van der Waals surface area contributed by atoms with Gasteiger partial charge in [0.2, 0.25) is 0 Å². The number of ether oxygens (including phenoxy) is 1. The molecule has 0 amide bonds. The van der Waals surface area contributed by atoms with Crippen LogP contribution in [0.25, 0.3) is 0 Å². The largest absolute Gasteiger partial charge is 0.466 e. The summed E-state index contributed by atoms with van der Waals surface area (Å²) in [6.07, 6.45) is 4.53. The molecule has 1 aliphatic rings. The Morgan fingerprint density at radius 2 is 2.18 bits per heavy atom. The van der Waals surface area contributed by atoms with Crippen molar-refractivity contribution in [1.29, 1.82) is 0 Å². The Morgan fingerprint density at radius 1 is 1.47 bits per heavy atom. The van der Waals surface area contributed by atoms with Gasteiger partial charge < -0.3 is 9.84 Å². The fraction of sp³-hybridized carbons (Fsp3) is 0.769. The van der Waals surface area contributed by atoms with Crippen molar-refractivity contribution in [2.45, 2.75) is 38.7 Å². The van der Waals surface area contributed by atoms with Crippen molar-refractivity contribution < 1.29 is 14.6 Å². The summed E-state index contributed by atoms with van der Waals surface area (Å²) >= 11 is 0. The fourth-order valence-electron chi connectivity index (χ4n) is 2.01. The van der Waals surface area contributed by atoms with Crippen molar-refractivity contribution in [1.82, 2.24) is 4.90 Å². The zero-order valence-electron chi connectivity index (χ0n) is 11.0. The van der Waals surface area contributed by atoms with E-state index < -0.39 is 5.60 Å². The maximum absolute atomic E-state index is 11.2. The lowest BCUT2D eigenvalue weighted by molar-refractivity contribution is -0.136. The average molecular weight is 241 g/mol. The Bertz CT molecular complexity index is 297. The quantitative estimate of drug-likeness (QED) is 0.598. The normalized spacial score (nSPS) is 27.6. The van der Waals surface area contributed by atoms with Crippen LogP contribution in [0.4, 0.5) is 0 Å². The third-order valence-corrected chi connectivity index (χ3v) is 3.32. The van der Waals surface area contributed by atoms with E-state index in [2.05, 4.69) is 9.64 Å². The van der Waals surface area contributed by atoms with Crippen molar-refractivity contribution in [2.75, 3.05) is 26.7 Å². The predicted molar refractivity (Wildman–Crippen MR) is 66.7 cm³/mol. The molecule has 4 nitrogen and oxygen atoms in total. The van der Waals surface area contributed by atoms with Gasteiger partial charge in [-0.25, -0.2) is 4.79 Å². The smallest absolute Gasteiger partial charge is 0.333 e. The highest BCUT2D eigenvalue weighted by atomic mass is 16.5. The molecule has 0 aliphatic carbocycles. The molecule has 0 aromatic heterocycles. The minimum Gasteiger partial charge on any atom is -0.466 e. The van der Waals surface area contributed by atoms with Gasteiger partial charge in [0.1, 0.15) is 0 Å². The molecule has 1 heterocycles. The highest BCUT2D eigenvalue weighted by Gasteiger charge is 2.24. The SMILES string of the molecule is COC(=O)C(C)=CCN1CCCC(C)(O)CC1. The number of carbonyl (C=O) groups excluding carboxylic acids is 1. The topological polar surface area (TPSA) is 49.8 Å². The first-order valence-corrected chi connectivity index (χ1v) is 6.14. The second-order valence-electron chi connectivity index (χ2n) is 5.03. The first kappa shape index (κ1) is 14.2. The number of hydrogen-bond donors (Lipinski definition) is 1. The minimum absolute atomic E-state index is 0.271. The van der Waals surface area contributed by atoms with Gasteiger partial charge in [0.25, 0.3) is 0 Å². The Hall–Kier alpha value is -0.870. The van der Waals surface area contributed by atoms with Gasteiger partial charge in [-0.1, -0.05) is 6.08 Å². The highest BCUT2D eigenvalue weighted by molar-refractivity contribution is 5.87. The molecule has 98 valence electrons. The van der Waals surface area contributed by atoms with E-state index in [1.807, 2.05) is 13.0 Å². The summed E-state index contributed by atoms with van der Waals surface area (Å²) in [5.74, 6) is -0.271. The van der Waals surface area contributed by atoms with Crippen molar-refractivity contribution in [3.05, 3.63) is 11.6 Å². The number of aliphatic hydroxyl groups is 1. The van der Waals surface area contributed by atoms with E-state index in [1.165, 1.54) is 7.11 Å². The van der Waals surface area contributed by atoms with Crippen molar-refractivity contribution in [3.8, 4) is 0 Å². The predicted octanol–water partition coefficient (Wildman–Crippen LogP) is 1.34. The molecule has 1 aliphatic heterocycles. The van der Waals surface area contributed by atoms with Crippen molar-refractivity contribution >= 4 is 5.97 Å². The summed E-state index contributed by atoms with van der Waals surface area (Å²) in [7, 11) is 1.39. The summed E-state index contributed by atoms with van der Waals surface area (Å²) in [6.45, 7) is 6.25. The Balaban J connectivity index is 2.45. The van der Waals surface area contributed by atoms with E-state index in [-0.39, 0.29) is 5.97 Å². The van der Waals surface area contributed by atoms with E-state index in [0.29, 0.717) is 5.57 Å². The van der Waals surface area contributed by atoms with Gasteiger partial charge in [-0.2, -0.15) is 0 Å². The van der Waals surface area contributed by atoms with Gasteiger partial charge in [0, 0.05) is 18.7 Å². The van der Waals surface area contributed by atoms with Crippen LogP contribution in [-0.2, 0) is 9.53 Å². The third kappa shape index (κ3) is 4.88. The van der Waals surface area contributed by atoms with Gasteiger partial charge in [-0.3, -0.25) is 4.90 Å². The number of methoxy groups -OCH3 is 1. The van der Waals surface area contributed by atoms with E-state index in [0.717, 1.165) is 38.9 Å². The van der Waals surface area contributed by atoms with E-state index in [1.54, 1.807) is 6.92 Å². The van der Waals surface area contributed by atoms with Crippen LogP contribution in [0.1, 0.15) is 33.1 Å². The number of carbonyl (C=O) groups is 1. The van der Waals surface area contributed by atoms with Gasteiger partial charge in [-0.05, 0) is 39.7 Å². The monoisotopic (exact) mass is 241 g/mol. The molecule has 0 aromatic rings. The molecule has 1 N–H and O–H groups in total. The first-order chi connectivity index (χ1) is 7.94. The number of rotatable bonds is 3. The van der Waals surface area contributed by atoms with Crippen LogP contribution in [0.15, 0.2) is 11.6 Å². The Morgan fingerprint density at radius 3 is 2.82 bits per heavy atom. The number of nitrogens with zero attached hydrogens (tertiary/aromatic N) is 1. The van der Waals surface area contributed by atoms with Gasteiger partial charge in [0.05, 0.1) is 12.7 Å². The van der Waals surface area contributed by atoms with Crippen LogP contribution in [0.5, 0.6) is 0 Å². The lowest BCUT2D eigenvalue weighted by Gasteiger charge is -2.21. The molecule has 0 aromatic carbocycles. The van der Waals surface area contributed by atoms with Crippen molar-refractivity contribution in [2.24, 2.45) is 0 Å². The highest BCUT2D eigenvalue weighted by Crippen LogP contribution is 2.21. The molecule has 17 heavy (non-hydrogen) atoms. The molecule has 1 saturated heterocycles. The molecule has 1 unspecified atom stereocenters. The summed E-state index contributed by atoms with van der Waals surface area (Å²) in [4.78, 5) is 13.5. The fourth-order valence-corrected chi connectivity index (χ4v) is 2.01. The second-order valence-corrected chi connectivity index (χ2v) is 5.03. The molecule has 0 saturated carbocycles. The molecule has 0 spiro atoms. The van der Waals surface area contributed by atoms with Crippen LogP contribution >= 0.6 is 0 Å². The van der Waals surface area contributed by atoms with E-state index >= 15 is 0 Å². The average Bonchev–Trinajstić information content (AvgIpc) is 2.46. The summed E-state index contributed by atoms with van der Waals surface area (Å²) in [6, 6.07) is 0. The van der Waals surface area contributed by atoms with Crippen LogP contribution in [-0.4, -0.2) is 48.3 Å². The molecule has 4 heteroatoms. The molecular weight excluding hydrogens is 218 g/mol. The molecule has 0 bridgehead atoms. The lowest BCUT2D eigenvalue weighted by atomic mass is 9.98. The van der Waals surface area contributed by atoms with Crippen LogP contribution < -0.4 is 0 Å². The maximum atomic E-state index is 11.2. The zero-order valence-corrected chi connectivity index (χ0v) is 11.0. The maximum Gasteiger partial charge on any atom is 0.333 e. The summed E-state index contributed by atoms with van der Waals surface area (Å²) < 4.78 is 4.64. The Kier molecular flexibility index (Phi) is 5.15. The number of esters is 1. The van der Waals surface area contributed by atoms with Gasteiger partial charge in [0.15, 0.2) is 0 Å². The van der Waals surface area contributed by atoms with Crippen molar-refractivity contribution in [3.63, 3.8) is 0 Å². The molecule has 0 radical (unpaired) electrons. The van der Waals surface area contributed by atoms with E-state index in [9.17, 15) is 9.90 Å². The second kappa shape index (κ2) is 6.17. The van der Waals surface area contributed by atoms with Crippen LogP contribution in [0.2, 0.25) is 0 Å². The molecular formula is C13H23NO3. The van der Waals surface area contributed by atoms with Crippen LogP contribution in [0.3, 0.4) is 0 Å². The molecule has 1 atom stereocenters.